The molecule has 0 unspecified atom stereocenters. The number of hydrogen-bond donors (Lipinski definition) is 1. The number of nitrogens with zero attached hydrogens (tertiary/aromatic N) is 4. The Kier molecular flexibility index (Phi) is 5.75. The van der Waals surface area contributed by atoms with Crippen LogP contribution in [-0.2, 0) is 6.54 Å². The van der Waals surface area contributed by atoms with E-state index < -0.39 is 0 Å². The molecule has 0 bridgehead atoms. The SMILES string of the molecule is O=C(NCCCn1ccnc1)c1ccc2nc(C3=CCCC3)c(-c3ccccc3)nc2c1. The van der Waals surface area contributed by atoms with E-state index in [9.17, 15) is 4.79 Å². The van der Waals surface area contributed by atoms with Crippen molar-refractivity contribution in [1.82, 2.24) is 24.8 Å². The highest BCUT2D eigenvalue weighted by Crippen LogP contribution is 2.34. The number of benzene rings is 2. The summed E-state index contributed by atoms with van der Waals surface area (Å²) < 4.78 is 2.00. The van der Waals surface area contributed by atoms with Crippen molar-refractivity contribution in [3.63, 3.8) is 0 Å². The lowest BCUT2D eigenvalue weighted by Gasteiger charge is -2.12. The molecule has 5 rings (SSSR count). The lowest BCUT2D eigenvalue weighted by Crippen LogP contribution is -2.25. The molecule has 6 nitrogen and oxygen atoms in total. The number of allylic oxidation sites excluding steroid dienone is 2. The van der Waals surface area contributed by atoms with Crippen LogP contribution in [0.3, 0.4) is 0 Å². The number of imidazole rings is 1. The van der Waals surface area contributed by atoms with Gasteiger partial charge in [-0.3, -0.25) is 4.79 Å². The van der Waals surface area contributed by atoms with E-state index in [4.69, 9.17) is 9.97 Å². The highest BCUT2D eigenvalue weighted by molar-refractivity contribution is 5.97. The highest BCUT2D eigenvalue weighted by atomic mass is 16.1. The van der Waals surface area contributed by atoms with E-state index in [1.54, 1.807) is 12.5 Å². The van der Waals surface area contributed by atoms with Gasteiger partial charge in [0.15, 0.2) is 0 Å². The highest BCUT2D eigenvalue weighted by Gasteiger charge is 2.18. The predicted molar refractivity (Wildman–Crippen MR) is 126 cm³/mol. The Morgan fingerprint density at radius 1 is 1.03 bits per heavy atom. The Hall–Kier alpha value is -3.80. The number of fused-ring (bicyclic) bond motifs is 1. The molecule has 2 heterocycles. The summed E-state index contributed by atoms with van der Waals surface area (Å²) in [5, 5.41) is 3.00. The van der Waals surface area contributed by atoms with Crippen molar-refractivity contribution in [3.8, 4) is 11.3 Å². The molecule has 0 radical (unpaired) electrons. The molecule has 2 aromatic carbocycles. The van der Waals surface area contributed by atoms with Crippen LogP contribution in [0.15, 0.2) is 73.3 Å². The second kappa shape index (κ2) is 9.14. The number of carbonyl (C=O) groups is 1. The first-order chi connectivity index (χ1) is 15.8. The van der Waals surface area contributed by atoms with E-state index in [1.807, 2.05) is 47.2 Å². The molecule has 0 saturated carbocycles. The summed E-state index contributed by atoms with van der Waals surface area (Å²) in [5.41, 5.74) is 6.28. The summed E-state index contributed by atoms with van der Waals surface area (Å²) in [4.78, 5) is 26.7. The molecular weight excluding hydrogens is 398 g/mol. The van der Waals surface area contributed by atoms with Gasteiger partial charge >= 0.3 is 0 Å². The van der Waals surface area contributed by atoms with Crippen LogP contribution in [0.1, 0.15) is 41.7 Å². The molecule has 0 fully saturated rings. The van der Waals surface area contributed by atoms with Crippen LogP contribution < -0.4 is 5.32 Å². The summed E-state index contributed by atoms with van der Waals surface area (Å²) in [7, 11) is 0. The third-order valence-electron chi connectivity index (χ3n) is 5.76. The fourth-order valence-corrected chi connectivity index (χ4v) is 4.09. The van der Waals surface area contributed by atoms with E-state index in [-0.39, 0.29) is 5.91 Å². The summed E-state index contributed by atoms with van der Waals surface area (Å²) >= 11 is 0. The summed E-state index contributed by atoms with van der Waals surface area (Å²) in [5.74, 6) is -0.0943. The standard InChI is InChI=1S/C26H25N5O/c32-26(28-13-6-15-31-16-14-27-18-31)21-11-12-22-23(17-21)30-25(19-7-2-1-3-8-19)24(29-22)20-9-4-5-10-20/h1-3,7-9,11-12,14,16-18H,4-6,10,13,15H2,(H,28,32). The van der Waals surface area contributed by atoms with Gasteiger partial charge in [0.05, 0.1) is 28.7 Å². The molecule has 1 amide bonds. The van der Waals surface area contributed by atoms with Gasteiger partial charge < -0.3 is 9.88 Å². The van der Waals surface area contributed by atoms with Crippen molar-refractivity contribution < 1.29 is 4.79 Å². The molecule has 1 aliphatic rings. The molecule has 0 saturated heterocycles. The summed E-state index contributed by atoms with van der Waals surface area (Å²) in [6.45, 7) is 1.42. The first-order valence-corrected chi connectivity index (χ1v) is 11.1. The van der Waals surface area contributed by atoms with Gasteiger partial charge in [-0.25, -0.2) is 15.0 Å². The smallest absolute Gasteiger partial charge is 0.251 e. The predicted octanol–water partition coefficient (Wildman–Crippen LogP) is 4.88. The lowest BCUT2D eigenvalue weighted by molar-refractivity contribution is 0.0953. The van der Waals surface area contributed by atoms with E-state index in [1.165, 1.54) is 5.57 Å². The second-order valence-electron chi connectivity index (χ2n) is 8.02. The number of amides is 1. The molecule has 0 spiro atoms. The zero-order valence-electron chi connectivity index (χ0n) is 17.9. The number of aromatic nitrogens is 4. The average Bonchev–Trinajstić information content (AvgIpc) is 3.56. The van der Waals surface area contributed by atoms with Crippen LogP contribution in [0.5, 0.6) is 0 Å². The minimum Gasteiger partial charge on any atom is -0.352 e. The van der Waals surface area contributed by atoms with Gasteiger partial charge in [-0.2, -0.15) is 0 Å². The number of carbonyl (C=O) groups excluding carboxylic acids is 1. The first kappa shape index (κ1) is 20.1. The average molecular weight is 424 g/mol. The van der Waals surface area contributed by atoms with Crippen molar-refractivity contribution in [1.29, 1.82) is 0 Å². The van der Waals surface area contributed by atoms with Crippen LogP contribution in [-0.4, -0.2) is 32.0 Å². The monoisotopic (exact) mass is 423 g/mol. The van der Waals surface area contributed by atoms with Crippen molar-refractivity contribution in [2.24, 2.45) is 0 Å². The lowest BCUT2D eigenvalue weighted by atomic mass is 10.0. The van der Waals surface area contributed by atoms with Crippen LogP contribution >= 0.6 is 0 Å². The molecule has 1 N–H and O–H groups in total. The number of hydrogen-bond acceptors (Lipinski definition) is 4. The maximum absolute atomic E-state index is 12.7. The molecule has 32 heavy (non-hydrogen) atoms. The fraction of sp³-hybridized carbons (Fsp3) is 0.231. The van der Waals surface area contributed by atoms with Crippen molar-refractivity contribution in [3.05, 3.63) is 84.6 Å². The van der Waals surface area contributed by atoms with Crippen LogP contribution in [0.25, 0.3) is 27.9 Å². The Morgan fingerprint density at radius 2 is 1.91 bits per heavy atom. The van der Waals surface area contributed by atoms with E-state index in [0.29, 0.717) is 12.1 Å². The Balaban J connectivity index is 1.40. The molecule has 4 aromatic rings. The minimum atomic E-state index is -0.0943. The quantitative estimate of drug-likeness (QED) is 0.430. The van der Waals surface area contributed by atoms with Gasteiger partial charge in [0.25, 0.3) is 5.91 Å². The normalized spacial score (nSPS) is 13.3. The molecule has 1 aliphatic carbocycles. The summed E-state index contributed by atoms with van der Waals surface area (Å²) in [6.07, 6.45) is 11.8. The third kappa shape index (κ3) is 4.30. The second-order valence-corrected chi connectivity index (χ2v) is 8.02. The molecule has 160 valence electrons. The Labute approximate surface area is 187 Å². The zero-order valence-corrected chi connectivity index (χ0v) is 17.9. The van der Waals surface area contributed by atoms with Gasteiger partial charge in [0.2, 0.25) is 0 Å². The minimum absolute atomic E-state index is 0.0943. The molecule has 0 atom stereocenters. The van der Waals surface area contributed by atoms with E-state index in [0.717, 1.165) is 60.2 Å². The maximum atomic E-state index is 12.7. The Bertz CT molecular complexity index is 1260. The van der Waals surface area contributed by atoms with Crippen molar-refractivity contribution >= 4 is 22.5 Å². The number of rotatable bonds is 7. The molecule has 6 heteroatoms. The first-order valence-electron chi connectivity index (χ1n) is 11.1. The maximum Gasteiger partial charge on any atom is 0.251 e. The van der Waals surface area contributed by atoms with E-state index >= 15 is 0 Å². The van der Waals surface area contributed by atoms with Gasteiger partial charge in [-0.05, 0) is 49.5 Å². The molecule has 0 aliphatic heterocycles. The largest absolute Gasteiger partial charge is 0.352 e. The molecule has 2 aromatic heterocycles. The topological polar surface area (TPSA) is 72.7 Å². The van der Waals surface area contributed by atoms with Crippen LogP contribution in [0.2, 0.25) is 0 Å². The van der Waals surface area contributed by atoms with Gasteiger partial charge in [0, 0.05) is 36.6 Å². The third-order valence-corrected chi connectivity index (χ3v) is 5.76. The van der Waals surface area contributed by atoms with Crippen LogP contribution in [0.4, 0.5) is 0 Å². The van der Waals surface area contributed by atoms with E-state index in [2.05, 4.69) is 28.5 Å². The fourth-order valence-electron chi connectivity index (χ4n) is 4.09. The van der Waals surface area contributed by atoms with Crippen LogP contribution in [0, 0.1) is 0 Å². The van der Waals surface area contributed by atoms with Crippen molar-refractivity contribution in [2.75, 3.05) is 6.54 Å². The Morgan fingerprint density at radius 3 is 2.69 bits per heavy atom. The summed E-state index contributed by atoms with van der Waals surface area (Å²) in [6, 6.07) is 15.7. The molecular formula is C26H25N5O. The van der Waals surface area contributed by atoms with Crippen molar-refractivity contribution in [2.45, 2.75) is 32.2 Å². The van der Waals surface area contributed by atoms with Gasteiger partial charge in [0.1, 0.15) is 0 Å². The van der Waals surface area contributed by atoms with Gasteiger partial charge in [-0.15, -0.1) is 0 Å². The zero-order chi connectivity index (χ0) is 21.8. The number of nitrogens with one attached hydrogen (secondary N) is 1. The number of aryl methyl sites for hydroxylation is 1. The van der Waals surface area contributed by atoms with Gasteiger partial charge in [-0.1, -0.05) is 36.4 Å².